The van der Waals surface area contributed by atoms with Gasteiger partial charge in [0.05, 0.1) is 0 Å². The summed E-state index contributed by atoms with van der Waals surface area (Å²) in [6.45, 7) is 0. The molecule has 0 heterocycles. The predicted molar refractivity (Wildman–Crippen MR) is 79.8 cm³/mol. The third-order valence-electron chi connectivity index (χ3n) is 3.78. The highest BCUT2D eigenvalue weighted by molar-refractivity contribution is 8.13. The van der Waals surface area contributed by atoms with Gasteiger partial charge in [0.25, 0.3) is 9.05 Å². The van der Waals surface area contributed by atoms with Gasteiger partial charge in [0, 0.05) is 22.8 Å². The molecule has 0 unspecified atom stereocenters. The smallest absolute Gasteiger partial charge is 0.264 e. The number of rotatable bonds is 4. The van der Waals surface area contributed by atoms with Crippen molar-refractivity contribution in [3.05, 3.63) is 24.0 Å². The van der Waals surface area contributed by atoms with E-state index >= 15 is 0 Å². The van der Waals surface area contributed by atoms with Crippen LogP contribution in [0.5, 0.6) is 5.75 Å². The fraction of sp³-hybridized carbons (Fsp3) is 0.571. The Morgan fingerprint density at radius 2 is 1.95 bits per heavy atom. The Bertz CT molecular complexity index is 606. The standard InChI is InChI=1S/C14H19ClFNO3S/c1-17(2)12-5-3-4-6-13(12)20-10-7-8-14(11(16)9-10)21(15,18)19/h7-9,12-13H,3-6H2,1-2H3/t12-,13-/m0/s1. The van der Waals surface area contributed by atoms with Crippen molar-refractivity contribution in [1.29, 1.82) is 0 Å². The fourth-order valence-corrected chi connectivity index (χ4v) is 3.63. The van der Waals surface area contributed by atoms with E-state index < -0.39 is 19.8 Å². The van der Waals surface area contributed by atoms with Gasteiger partial charge in [-0.25, -0.2) is 12.8 Å². The number of likely N-dealkylation sites (N-methyl/N-ethyl adjacent to an activating group) is 1. The van der Waals surface area contributed by atoms with Crippen molar-refractivity contribution in [2.45, 2.75) is 42.7 Å². The van der Waals surface area contributed by atoms with Gasteiger partial charge in [-0.15, -0.1) is 0 Å². The Kier molecular flexibility index (Phi) is 5.11. The van der Waals surface area contributed by atoms with Crippen molar-refractivity contribution >= 4 is 19.7 Å². The maximum Gasteiger partial charge on any atom is 0.264 e. The zero-order chi connectivity index (χ0) is 15.6. The first-order chi connectivity index (χ1) is 9.79. The first kappa shape index (κ1) is 16.5. The van der Waals surface area contributed by atoms with Gasteiger partial charge in [-0.05, 0) is 45.5 Å². The first-order valence-corrected chi connectivity index (χ1v) is 9.17. The number of hydrogen-bond donors (Lipinski definition) is 0. The highest BCUT2D eigenvalue weighted by atomic mass is 35.7. The molecule has 0 bridgehead atoms. The van der Waals surface area contributed by atoms with Crippen molar-refractivity contribution in [2.24, 2.45) is 0 Å². The predicted octanol–water partition coefficient (Wildman–Crippen LogP) is 3.00. The fourth-order valence-electron chi connectivity index (χ4n) is 2.73. The molecule has 0 N–H and O–H groups in total. The van der Waals surface area contributed by atoms with E-state index in [4.69, 9.17) is 15.4 Å². The Hall–Kier alpha value is -0.850. The van der Waals surface area contributed by atoms with Crippen molar-refractivity contribution in [3.8, 4) is 5.75 Å². The van der Waals surface area contributed by atoms with Crippen LogP contribution in [0.1, 0.15) is 25.7 Å². The lowest BCUT2D eigenvalue weighted by Crippen LogP contribution is -2.44. The summed E-state index contributed by atoms with van der Waals surface area (Å²) in [5, 5.41) is 0. The molecule has 0 radical (unpaired) electrons. The molecular weight excluding hydrogens is 317 g/mol. The largest absolute Gasteiger partial charge is 0.489 e. The van der Waals surface area contributed by atoms with Gasteiger partial charge >= 0.3 is 0 Å². The number of hydrogen-bond acceptors (Lipinski definition) is 4. The Labute approximate surface area is 129 Å². The van der Waals surface area contributed by atoms with Gasteiger partial charge in [-0.2, -0.15) is 0 Å². The molecular formula is C14H19ClFNO3S. The summed E-state index contributed by atoms with van der Waals surface area (Å²) in [5.41, 5.74) is 0. The van der Waals surface area contributed by atoms with Crippen molar-refractivity contribution < 1.29 is 17.5 Å². The molecule has 2 rings (SSSR count). The van der Waals surface area contributed by atoms with Gasteiger partial charge in [-0.3, -0.25) is 0 Å². The molecule has 1 aliphatic rings. The summed E-state index contributed by atoms with van der Waals surface area (Å²) in [7, 11) is 5.08. The molecule has 0 spiro atoms. The van der Waals surface area contributed by atoms with Gasteiger partial charge in [0.1, 0.15) is 22.6 Å². The molecule has 7 heteroatoms. The Morgan fingerprint density at radius 3 is 2.52 bits per heavy atom. The third-order valence-corrected chi connectivity index (χ3v) is 5.14. The van der Waals surface area contributed by atoms with Crippen LogP contribution in [0.25, 0.3) is 0 Å². The normalized spacial score (nSPS) is 23.3. The number of nitrogens with zero attached hydrogens (tertiary/aromatic N) is 1. The number of ether oxygens (including phenoxy) is 1. The zero-order valence-electron chi connectivity index (χ0n) is 12.1. The van der Waals surface area contributed by atoms with Gasteiger partial charge < -0.3 is 9.64 Å². The Morgan fingerprint density at radius 1 is 1.29 bits per heavy atom. The minimum Gasteiger partial charge on any atom is -0.489 e. The number of halogens is 2. The molecule has 118 valence electrons. The van der Waals surface area contributed by atoms with Crippen LogP contribution in [0.3, 0.4) is 0 Å². The highest BCUT2D eigenvalue weighted by Gasteiger charge is 2.28. The third kappa shape index (κ3) is 4.08. The molecule has 4 nitrogen and oxygen atoms in total. The van der Waals surface area contributed by atoms with Crippen LogP contribution < -0.4 is 4.74 Å². The van der Waals surface area contributed by atoms with E-state index in [0.29, 0.717) is 5.75 Å². The highest BCUT2D eigenvalue weighted by Crippen LogP contribution is 2.28. The van der Waals surface area contributed by atoms with Crippen LogP contribution in [0, 0.1) is 5.82 Å². The maximum atomic E-state index is 13.8. The maximum absolute atomic E-state index is 13.8. The monoisotopic (exact) mass is 335 g/mol. The van der Waals surface area contributed by atoms with Crippen LogP contribution in [-0.2, 0) is 9.05 Å². The summed E-state index contributed by atoms with van der Waals surface area (Å²) in [6, 6.07) is 3.94. The first-order valence-electron chi connectivity index (χ1n) is 6.86. The van der Waals surface area contributed by atoms with E-state index in [1.807, 2.05) is 14.1 Å². The lowest BCUT2D eigenvalue weighted by Gasteiger charge is -2.36. The molecule has 1 aliphatic carbocycles. The molecule has 21 heavy (non-hydrogen) atoms. The van der Waals surface area contributed by atoms with Gasteiger partial charge in [0.2, 0.25) is 0 Å². The molecule has 1 fully saturated rings. The van der Waals surface area contributed by atoms with Crippen LogP contribution in [0.2, 0.25) is 0 Å². The lowest BCUT2D eigenvalue weighted by atomic mass is 9.91. The lowest BCUT2D eigenvalue weighted by molar-refractivity contribution is 0.0620. The average Bonchev–Trinajstić information content (AvgIpc) is 2.37. The van der Waals surface area contributed by atoms with E-state index in [9.17, 15) is 12.8 Å². The average molecular weight is 336 g/mol. The van der Waals surface area contributed by atoms with Crippen LogP contribution in [0.15, 0.2) is 23.1 Å². The molecule has 1 aromatic rings. The second kappa shape index (κ2) is 6.50. The van der Waals surface area contributed by atoms with Crippen molar-refractivity contribution in [3.63, 3.8) is 0 Å². The Balaban J connectivity index is 2.18. The van der Waals surface area contributed by atoms with E-state index in [1.165, 1.54) is 6.07 Å². The second-order valence-electron chi connectivity index (χ2n) is 5.50. The minimum atomic E-state index is -4.07. The topological polar surface area (TPSA) is 46.6 Å². The van der Waals surface area contributed by atoms with E-state index in [0.717, 1.165) is 37.8 Å². The van der Waals surface area contributed by atoms with E-state index in [2.05, 4.69) is 4.90 Å². The molecule has 1 saturated carbocycles. The zero-order valence-corrected chi connectivity index (χ0v) is 13.6. The molecule has 0 saturated heterocycles. The molecule has 1 aromatic carbocycles. The summed E-state index contributed by atoms with van der Waals surface area (Å²) in [4.78, 5) is 1.59. The van der Waals surface area contributed by atoms with Gasteiger partial charge in [-0.1, -0.05) is 6.42 Å². The second-order valence-corrected chi connectivity index (χ2v) is 8.04. The summed E-state index contributed by atoms with van der Waals surface area (Å²) in [5.74, 6) is -0.560. The molecule has 2 atom stereocenters. The summed E-state index contributed by atoms with van der Waals surface area (Å²) in [6.07, 6.45) is 4.15. The van der Waals surface area contributed by atoms with Crippen molar-refractivity contribution in [1.82, 2.24) is 4.90 Å². The number of benzene rings is 1. The van der Waals surface area contributed by atoms with Crippen LogP contribution >= 0.6 is 10.7 Å². The van der Waals surface area contributed by atoms with Crippen LogP contribution in [-0.4, -0.2) is 39.6 Å². The molecule has 0 amide bonds. The van der Waals surface area contributed by atoms with E-state index in [-0.39, 0.29) is 12.1 Å². The quantitative estimate of drug-likeness (QED) is 0.794. The van der Waals surface area contributed by atoms with Crippen molar-refractivity contribution in [2.75, 3.05) is 14.1 Å². The molecule has 0 aromatic heterocycles. The minimum absolute atomic E-state index is 0.0217. The van der Waals surface area contributed by atoms with Gasteiger partial charge in [0.15, 0.2) is 0 Å². The molecule has 0 aliphatic heterocycles. The summed E-state index contributed by atoms with van der Waals surface area (Å²) >= 11 is 0. The SMILES string of the molecule is CN(C)[C@H]1CCCC[C@@H]1Oc1ccc(S(=O)(=O)Cl)c(F)c1. The van der Waals surface area contributed by atoms with E-state index in [1.54, 1.807) is 0 Å². The summed E-state index contributed by atoms with van der Waals surface area (Å²) < 4.78 is 42.0. The van der Waals surface area contributed by atoms with Crippen LogP contribution in [0.4, 0.5) is 4.39 Å².